The maximum Gasteiger partial charge on any atom is 0.240 e. The number of carbonyl (C=O) groups is 1. The molecule has 0 saturated carbocycles. The largest absolute Gasteiger partial charge is 0.353 e. The van der Waals surface area contributed by atoms with Gasteiger partial charge in [-0.2, -0.15) is 0 Å². The molecule has 3 aliphatic rings. The van der Waals surface area contributed by atoms with Gasteiger partial charge in [-0.3, -0.25) is 14.6 Å². The van der Waals surface area contributed by atoms with Crippen molar-refractivity contribution in [3.05, 3.63) is 0 Å². The van der Waals surface area contributed by atoms with Crippen molar-refractivity contribution < 1.29 is 14.3 Å². The van der Waals surface area contributed by atoms with E-state index in [1.807, 2.05) is 4.90 Å². The molecule has 3 aliphatic heterocycles. The Balaban J connectivity index is 1.32. The summed E-state index contributed by atoms with van der Waals surface area (Å²) in [6, 6.07) is 0.119. The van der Waals surface area contributed by atoms with Gasteiger partial charge in [0.25, 0.3) is 0 Å². The Labute approximate surface area is 139 Å². The zero-order valence-corrected chi connectivity index (χ0v) is 14.4. The molecule has 6 nitrogen and oxygen atoms in total. The van der Waals surface area contributed by atoms with Crippen molar-refractivity contribution in [3.63, 3.8) is 0 Å². The first kappa shape index (κ1) is 17.1. The Morgan fingerprint density at radius 1 is 1.09 bits per heavy atom. The average molecular weight is 325 g/mol. The Morgan fingerprint density at radius 2 is 1.91 bits per heavy atom. The first-order chi connectivity index (χ1) is 11.2. The van der Waals surface area contributed by atoms with Crippen LogP contribution >= 0.6 is 0 Å². The number of rotatable bonds is 5. The number of hydrogen-bond donors (Lipinski definition) is 0. The van der Waals surface area contributed by atoms with Crippen molar-refractivity contribution in [1.82, 2.24) is 14.7 Å². The van der Waals surface area contributed by atoms with Gasteiger partial charge in [-0.25, -0.2) is 0 Å². The number of likely N-dealkylation sites (tertiary alicyclic amines) is 1. The van der Waals surface area contributed by atoms with Crippen LogP contribution in [0.1, 0.15) is 32.1 Å². The molecule has 0 aliphatic carbocycles. The second kappa shape index (κ2) is 8.42. The lowest BCUT2D eigenvalue weighted by atomic mass is 10.1. The van der Waals surface area contributed by atoms with Gasteiger partial charge in [-0.05, 0) is 45.7 Å². The number of ether oxygens (including phenoxy) is 2. The third kappa shape index (κ3) is 4.66. The zero-order chi connectivity index (χ0) is 16.1. The van der Waals surface area contributed by atoms with Crippen molar-refractivity contribution >= 4 is 5.91 Å². The van der Waals surface area contributed by atoms with E-state index < -0.39 is 0 Å². The molecular weight excluding hydrogens is 294 g/mol. The van der Waals surface area contributed by atoms with Crippen LogP contribution < -0.4 is 0 Å². The molecule has 0 N–H and O–H groups in total. The van der Waals surface area contributed by atoms with Gasteiger partial charge >= 0.3 is 0 Å². The molecule has 0 aromatic carbocycles. The predicted molar refractivity (Wildman–Crippen MR) is 88.2 cm³/mol. The van der Waals surface area contributed by atoms with Gasteiger partial charge in [0.1, 0.15) is 0 Å². The van der Waals surface area contributed by atoms with E-state index in [2.05, 4.69) is 16.8 Å². The number of piperazine rings is 1. The summed E-state index contributed by atoms with van der Waals surface area (Å²) >= 11 is 0. The molecule has 23 heavy (non-hydrogen) atoms. The number of carbonyl (C=O) groups excluding carboxylic acids is 1. The van der Waals surface area contributed by atoms with E-state index >= 15 is 0 Å². The highest BCUT2D eigenvalue weighted by Crippen LogP contribution is 2.18. The van der Waals surface area contributed by atoms with Crippen molar-refractivity contribution in [2.24, 2.45) is 0 Å². The number of hydrogen-bond acceptors (Lipinski definition) is 5. The lowest BCUT2D eigenvalue weighted by Gasteiger charge is -2.37. The van der Waals surface area contributed by atoms with Crippen molar-refractivity contribution in [3.8, 4) is 0 Å². The molecule has 3 rings (SSSR count). The summed E-state index contributed by atoms with van der Waals surface area (Å²) in [4.78, 5) is 19.2. The normalized spacial score (nSPS) is 30.7. The molecule has 0 spiro atoms. The summed E-state index contributed by atoms with van der Waals surface area (Å²) in [7, 11) is 2.07. The van der Waals surface area contributed by atoms with Crippen LogP contribution in [0.25, 0.3) is 0 Å². The Hall–Kier alpha value is -0.690. The maximum absolute atomic E-state index is 12.6. The summed E-state index contributed by atoms with van der Waals surface area (Å²) in [5.74, 6) is 0.330. The van der Waals surface area contributed by atoms with Crippen LogP contribution in [-0.4, -0.2) is 92.5 Å². The molecular formula is C17H31N3O3. The van der Waals surface area contributed by atoms with Gasteiger partial charge in [0.15, 0.2) is 6.29 Å². The highest BCUT2D eigenvalue weighted by molar-refractivity contribution is 5.82. The van der Waals surface area contributed by atoms with Crippen LogP contribution in [0.3, 0.4) is 0 Å². The van der Waals surface area contributed by atoms with Gasteiger partial charge in [0, 0.05) is 39.3 Å². The van der Waals surface area contributed by atoms with E-state index in [9.17, 15) is 4.79 Å². The summed E-state index contributed by atoms with van der Waals surface area (Å²) in [6.45, 7) is 7.16. The topological polar surface area (TPSA) is 45.3 Å². The molecule has 0 unspecified atom stereocenters. The van der Waals surface area contributed by atoms with Crippen LogP contribution in [0.2, 0.25) is 0 Å². The van der Waals surface area contributed by atoms with E-state index in [1.54, 1.807) is 0 Å². The molecule has 2 atom stereocenters. The van der Waals surface area contributed by atoms with E-state index in [1.165, 1.54) is 6.42 Å². The number of likely N-dealkylation sites (N-methyl/N-ethyl adjacent to an activating group) is 1. The van der Waals surface area contributed by atoms with E-state index in [0.29, 0.717) is 5.91 Å². The standard InChI is InChI=1S/C17H31N3O3/c1-18-7-4-5-15(18)17(21)20-10-8-19(9-11-20)12-14-23-16-6-2-3-13-22-16/h15-16H,2-14H2,1H3/t15-,16+/m0/s1. The monoisotopic (exact) mass is 325 g/mol. The van der Waals surface area contributed by atoms with Gasteiger partial charge < -0.3 is 14.4 Å². The Morgan fingerprint density at radius 3 is 2.57 bits per heavy atom. The molecule has 1 amide bonds. The SMILES string of the molecule is CN1CCC[C@H]1C(=O)N1CCN(CCO[C@@H]2CCCCO2)CC1. The number of amides is 1. The third-order valence-electron chi connectivity index (χ3n) is 5.34. The first-order valence-corrected chi connectivity index (χ1v) is 9.18. The van der Waals surface area contributed by atoms with Crippen LogP contribution in [-0.2, 0) is 14.3 Å². The highest BCUT2D eigenvalue weighted by Gasteiger charge is 2.32. The van der Waals surface area contributed by atoms with Crippen LogP contribution in [0.5, 0.6) is 0 Å². The molecule has 132 valence electrons. The summed E-state index contributed by atoms with van der Waals surface area (Å²) < 4.78 is 11.4. The van der Waals surface area contributed by atoms with Crippen LogP contribution in [0, 0.1) is 0 Å². The molecule has 3 heterocycles. The zero-order valence-electron chi connectivity index (χ0n) is 14.4. The van der Waals surface area contributed by atoms with Crippen LogP contribution in [0.4, 0.5) is 0 Å². The molecule has 3 fully saturated rings. The molecule has 6 heteroatoms. The minimum absolute atomic E-state index is 0.00419. The summed E-state index contributed by atoms with van der Waals surface area (Å²) in [5, 5.41) is 0. The lowest BCUT2D eigenvalue weighted by Crippen LogP contribution is -2.53. The van der Waals surface area contributed by atoms with Crippen LogP contribution in [0.15, 0.2) is 0 Å². The molecule has 0 radical (unpaired) electrons. The summed E-state index contributed by atoms with van der Waals surface area (Å²) in [6.07, 6.45) is 5.56. The van der Waals surface area contributed by atoms with Gasteiger partial charge in [-0.1, -0.05) is 0 Å². The second-order valence-electron chi connectivity index (χ2n) is 6.97. The Bertz CT molecular complexity index is 379. The fourth-order valence-electron chi connectivity index (χ4n) is 3.78. The van der Waals surface area contributed by atoms with E-state index in [0.717, 1.165) is 78.2 Å². The first-order valence-electron chi connectivity index (χ1n) is 9.18. The fraction of sp³-hybridized carbons (Fsp3) is 0.941. The van der Waals surface area contributed by atoms with Gasteiger partial charge in [0.05, 0.1) is 12.6 Å². The minimum atomic E-state index is 0.00419. The lowest BCUT2D eigenvalue weighted by molar-refractivity contribution is -0.164. The molecule has 3 saturated heterocycles. The molecule has 0 bridgehead atoms. The quantitative estimate of drug-likeness (QED) is 0.747. The predicted octanol–water partition coefficient (Wildman–Crippen LogP) is 0.768. The number of nitrogens with zero attached hydrogens (tertiary/aromatic N) is 3. The second-order valence-corrected chi connectivity index (χ2v) is 6.97. The highest BCUT2D eigenvalue weighted by atomic mass is 16.7. The van der Waals surface area contributed by atoms with Gasteiger partial charge in [-0.15, -0.1) is 0 Å². The minimum Gasteiger partial charge on any atom is -0.353 e. The Kier molecular flexibility index (Phi) is 6.28. The maximum atomic E-state index is 12.6. The van der Waals surface area contributed by atoms with Gasteiger partial charge in [0.2, 0.25) is 5.91 Å². The molecule has 0 aromatic heterocycles. The summed E-state index contributed by atoms with van der Waals surface area (Å²) in [5.41, 5.74) is 0. The smallest absolute Gasteiger partial charge is 0.240 e. The fourth-order valence-corrected chi connectivity index (χ4v) is 3.78. The third-order valence-corrected chi connectivity index (χ3v) is 5.34. The van der Waals surface area contributed by atoms with Crippen molar-refractivity contribution in [1.29, 1.82) is 0 Å². The average Bonchev–Trinajstić information content (AvgIpc) is 3.02. The van der Waals surface area contributed by atoms with E-state index in [-0.39, 0.29) is 12.3 Å². The van der Waals surface area contributed by atoms with Crippen molar-refractivity contribution in [2.45, 2.75) is 44.4 Å². The van der Waals surface area contributed by atoms with E-state index in [4.69, 9.17) is 9.47 Å². The van der Waals surface area contributed by atoms with Crippen molar-refractivity contribution in [2.75, 3.05) is 59.5 Å². The molecule has 0 aromatic rings.